The lowest BCUT2D eigenvalue weighted by atomic mass is 10.1. The molecule has 3 aromatic rings. The van der Waals surface area contributed by atoms with Crippen LogP contribution in [0.5, 0.6) is 11.5 Å². The minimum Gasteiger partial charge on any atom is -0.508 e. The van der Waals surface area contributed by atoms with E-state index < -0.39 is 0 Å². The van der Waals surface area contributed by atoms with Gasteiger partial charge in [-0.1, -0.05) is 24.3 Å². The predicted molar refractivity (Wildman–Crippen MR) is 83.9 cm³/mol. The van der Waals surface area contributed by atoms with Crippen LogP contribution in [-0.4, -0.2) is 20.2 Å². The molecule has 0 aliphatic heterocycles. The summed E-state index contributed by atoms with van der Waals surface area (Å²) in [6, 6.07) is 14.2. The Labute approximate surface area is 128 Å². The van der Waals surface area contributed by atoms with Crippen molar-refractivity contribution in [2.24, 2.45) is 0 Å². The van der Waals surface area contributed by atoms with Gasteiger partial charge in [0.1, 0.15) is 11.5 Å². The number of phenolic OH excluding ortho intramolecular Hbond substituents is 2. The molecule has 0 radical (unpaired) electrons. The van der Waals surface area contributed by atoms with Crippen LogP contribution in [0.25, 0.3) is 0 Å². The van der Waals surface area contributed by atoms with Gasteiger partial charge in [-0.25, -0.2) is 0 Å². The summed E-state index contributed by atoms with van der Waals surface area (Å²) in [4.78, 5) is 8.87. The van der Waals surface area contributed by atoms with E-state index in [1.807, 2.05) is 24.3 Å². The summed E-state index contributed by atoms with van der Waals surface area (Å²) in [5, 5.41) is 18.5. The molecule has 0 atom stereocenters. The fourth-order valence-electron chi connectivity index (χ4n) is 2.21. The first-order valence-corrected chi connectivity index (χ1v) is 7.05. The number of rotatable bonds is 4. The van der Waals surface area contributed by atoms with Crippen molar-refractivity contribution in [3.05, 3.63) is 83.4 Å². The summed E-state index contributed by atoms with van der Waals surface area (Å²) in [6.07, 6.45) is 4.94. The molecule has 0 fully saturated rings. The average molecular weight is 292 g/mol. The van der Waals surface area contributed by atoms with Crippen LogP contribution in [0, 0.1) is 0 Å². The van der Waals surface area contributed by atoms with Crippen LogP contribution in [0.1, 0.15) is 22.5 Å². The van der Waals surface area contributed by atoms with Gasteiger partial charge < -0.3 is 10.2 Å². The molecule has 0 saturated carbocycles. The van der Waals surface area contributed by atoms with Gasteiger partial charge in [0.05, 0.1) is 11.4 Å². The van der Waals surface area contributed by atoms with E-state index in [0.717, 1.165) is 22.5 Å². The molecule has 3 rings (SSSR count). The highest BCUT2D eigenvalue weighted by Gasteiger charge is 2.02. The summed E-state index contributed by atoms with van der Waals surface area (Å²) in [5.74, 6) is 0.526. The van der Waals surface area contributed by atoms with Crippen LogP contribution in [0.2, 0.25) is 0 Å². The standard InChI is InChI=1S/C18H16N2O2/c21-17-5-1-13(2-6-17)9-15-11-20-16(12-19-15)10-14-3-7-18(22)8-4-14/h1-8,11-12,21-22H,9-10H2. The molecule has 0 amide bonds. The average Bonchev–Trinajstić information content (AvgIpc) is 2.54. The number of hydrogen-bond acceptors (Lipinski definition) is 4. The Morgan fingerprint density at radius 3 is 1.27 bits per heavy atom. The minimum absolute atomic E-state index is 0.263. The number of aromatic nitrogens is 2. The number of nitrogens with zero attached hydrogens (tertiary/aromatic N) is 2. The first-order chi connectivity index (χ1) is 10.7. The predicted octanol–water partition coefficient (Wildman–Crippen LogP) is 3.07. The number of benzene rings is 2. The van der Waals surface area contributed by atoms with Gasteiger partial charge in [0.25, 0.3) is 0 Å². The van der Waals surface area contributed by atoms with Gasteiger partial charge in [-0.2, -0.15) is 0 Å². The van der Waals surface area contributed by atoms with Gasteiger partial charge in [0.2, 0.25) is 0 Å². The number of phenols is 2. The van der Waals surface area contributed by atoms with Crippen LogP contribution in [0.15, 0.2) is 60.9 Å². The van der Waals surface area contributed by atoms with E-state index in [-0.39, 0.29) is 11.5 Å². The fraction of sp³-hybridized carbons (Fsp3) is 0.111. The molecule has 4 heteroatoms. The zero-order valence-electron chi connectivity index (χ0n) is 12.0. The maximum absolute atomic E-state index is 9.27. The first kappa shape index (κ1) is 14.1. The third-order valence-electron chi connectivity index (χ3n) is 3.40. The number of aromatic hydroxyl groups is 2. The lowest BCUT2D eigenvalue weighted by Gasteiger charge is -2.04. The summed E-state index contributed by atoms with van der Waals surface area (Å²) in [6.45, 7) is 0. The van der Waals surface area contributed by atoms with Gasteiger partial charge in [-0.05, 0) is 35.4 Å². The molecule has 0 saturated heterocycles. The van der Waals surface area contributed by atoms with Crippen molar-refractivity contribution in [1.29, 1.82) is 0 Å². The summed E-state index contributed by atoms with van der Waals surface area (Å²) < 4.78 is 0. The minimum atomic E-state index is 0.263. The van der Waals surface area contributed by atoms with E-state index in [1.54, 1.807) is 36.7 Å². The van der Waals surface area contributed by atoms with E-state index in [9.17, 15) is 10.2 Å². The molecule has 0 bridgehead atoms. The SMILES string of the molecule is Oc1ccc(Cc2cnc(Cc3ccc(O)cc3)cn2)cc1. The molecule has 1 heterocycles. The van der Waals surface area contributed by atoms with Crippen LogP contribution in [-0.2, 0) is 12.8 Å². The lowest BCUT2D eigenvalue weighted by molar-refractivity contribution is 0.474. The molecule has 110 valence electrons. The molecule has 0 aliphatic carbocycles. The smallest absolute Gasteiger partial charge is 0.115 e. The molecule has 0 aliphatic rings. The summed E-state index contributed by atoms with van der Waals surface area (Å²) >= 11 is 0. The highest BCUT2D eigenvalue weighted by Crippen LogP contribution is 2.14. The van der Waals surface area contributed by atoms with Crippen LogP contribution in [0.4, 0.5) is 0 Å². The first-order valence-electron chi connectivity index (χ1n) is 7.05. The Morgan fingerprint density at radius 2 is 0.955 bits per heavy atom. The third kappa shape index (κ3) is 3.61. The summed E-state index contributed by atoms with van der Waals surface area (Å²) in [5.41, 5.74) is 3.94. The van der Waals surface area contributed by atoms with Crippen molar-refractivity contribution in [2.45, 2.75) is 12.8 Å². The highest BCUT2D eigenvalue weighted by molar-refractivity contribution is 5.30. The largest absolute Gasteiger partial charge is 0.508 e. The molecule has 1 aromatic heterocycles. The Hall–Kier alpha value is -2.88. The molecule has 0 spiro atoms. The van der Waals surface area contributed by atoms with Crippen LogP contribution < -0.4 is 0 Å². The van der Waals surface area contributed by atoms with E-state index in [4.69, 9.17) is 0 Å². The maximum Gasteiger partial charge on any atom is 0.115 e. The molecule has 4 nitrogen and oxygen atoms in total. The van der Waals surface area contributed by atoms with Crippen molar-refractivity contribution >= 4 is 0 Å². The third-order valence-corrected chi connectivity index (χ3v) is 3.40. The highest BCUT2D eigenvalue weighted by atomic mass is 16.3. The fourth-order valence-corrected chi connectivity index (χ4v) is 2.21. The van der Waals surface area contributed by atoms with E-state index in [2.05, 4.69) is 9.97 Å². The van der Waals surface area contributed by atoms with Gasteiger partial charge in [0, 0.05) is 25.2 Å². The second-order valence-corrected chi connectivity index (χ2v) is 5.19. The van der Waals surface area contributed by atoms with Gasteiger partial charge in [-0.3, -0.25) is 9.97 Å². The molecule has 22 heavy (non-hydrogen) atoms. The van der Waals surface area contributed by atoms with Crippen molar-refractivity contribution < 1.29 is 10.2 Å². The van der Waals surface area contributed by atoms with Crippen LogP contribution in [0.3, 0.4) is 0 Å². The molecular weight excluding hydrogens is 276 g/mol. The number of hydrogen-bond donors (Lipinski definition) is 2. The van der Waals surface area contributed by atoms with Gasteiger partial charge >= 0.3 is 0 Å². The zero-order valence-corrected chi connectivity index (χ0v) is 12.0. The van der Waals surface area contributed by atoms with Crippen molar-refractivity contribution in [3.8, 4) is 11.5 Å². The normalized spacial score (nSPS) is 10.5. The van der Waals surface area contributed by atoms with Crippen molar-refractivity contribution in [1.82, 2.24) is 9.97 Å². The molecule has 0 unspecified atom stereocenters. The lowest BCUT2D eigenvalue weighted by Crippen LogP contribution is -1.98. The van der Waals surface area contributed by atoms with E-state index >= 15 is 0 Å². The summed E-state index contributed by atoms with van der Waals surface area (Å²) in [7, 11) is 0. The van der Waals surface area contributed by atoms with Gasteiger partial charge in [-0.15, -0.1) is 0 Å². The quantitative estimate of drug-likeness (QED) is 0.775. The molecule has 2 N–H and O–H groups in total. The maximum atomic E-state index is 9.27. The van der Waals surface area contributed by atoms with Crippen LogP contribution >= 0.6 is 0 Å². The topological polar surface area (TPSA) is 66.2 Å². The Bertz CT molecular complexity index is 669. The van der Waals surface area contributed by atoms with Crippen molar-refractivity contribution in [2.75, 3.05) is 0 Å². The van der Waals surface area contributed by atoms with E-state index in [1.165, 1.54) is 0 Å². The molecular formula is C18H16N2O2. The Balaban J connectivity index is 1.67. The van der Waals surface area contributed by atoms with E-state index in [0.29, 0.717) is 12.8 Å². The Kier molecular flexibility index (Phi) is 4.01. The second kappa shape index (κ2) is 6.26. The second-order valence-electron chi connectivity index (χ2n) is 5.19. The van der Waals surface area contributed by atoms with Crippen molar-refractivity contribution in [3.63, 3.8) is 0 Å². The molecule has 2 aromatic carbocycles. The monoisotopic (exact) mass is 292 g/mol. The van der Waals surface area contributed by atoms with Gasteiger partial charge in [0.15, 0.2) is 0 Å². The zero-order chi connectivity index (χ0) is 15.4. The Morgan fingerprint density at radius 1 is 0.591 bits per heavy atom.